The number of anilines is 1. The maximum atomic E-state index is 11.5. The lowest BCUT2D eigenvalue weighted by molar-refractivity contribution is 0.100. The Morgan fingerprint density at radius 2 is 2.12 bits per heavy atom. The van der Waals surface area contributed by atoms with Crippen molar-refractivity contribution in [3.05, 3.63) is 29.8 Å². The van der Waals surface area contributed by atoms with Crippen LogP contribution in [0.3, 0.4) is 0 Å². The molecule has 1 aromatic carbocycles. The molecule has 92 valence electrons. The third kappa shape index (κ3) is 4.14. The number of amides is 3. The van der Waals surface area contributed by atoms with E-state index in [4.69, 9.17) is 5.73 Å². The van der Waals surface area contributed by atoms with Gasteiger partial charge in [-0.2, -0.15) is 0 Å². The van der Waals surface area contributed by atoms with E-state index in [9.17, 15) is 9.59 Å². The molecule has 0 bridgehead atoms. The Labute approximate surface area is 100 Å². The van der Waals surface area contributed by atoms with Crippen LogP contribution in [0.15, 0.2) is 24.3 Å². The molecule has 0 heterocycles. The fourth-order valence-corrected chi connectivity index (χ4v) is 1.24. The van der Waals surface area contributed by atoms with Gasteiger partial charge in [0.2, 0.25) is 5.91 Å². The van der Waals surface area contributed by atoms with Crippen molar-refractivity contribution >= 4 is 17.6 Å². The van der Waals surface area contributed by atoms with Gasteiger partial charge in [0.25, 0.3) is 0 Å². The summed E-state index contributed by atoms with van der Waals surface area (Å²) < 4.78 is 0. The summed E-state index contributed by atoms with van der Waals surface area (Å²) in [5.41, 5.74) is 6.06. The first-order valence-electron chi connectivity index (χ1n) is 5.50. The monoisotopic (exact) mass is 235 g/mol. The van der Waals surface area contributed by atoms with Gasteiger partial charge in [-0.1, -0.05) is 13.0 Å². The van der Waals surface area contributed by atoms with Gasteiger partial charge in [-0.05, 0) is 31.5 Å². The van der Waals surface area contributed by atoms with Gasteiger partial charge in [-0.15, -0.1) is 0 Å². The maximum absolute atomic E-state index is 11.5. The van der Waals surface area contributed by atoms with Crippen LogP contribution in [0.1, 0.15) is 30.6 Å². The first-order valence-corrected chi connectivity index (χ1v) is 5.50. The van der Waals surface area contributed by atoms with E-state index >= 15 is 0 Å². The number of benzene rings is 1. The predicted octanol–water partition coefficient (Wildman–Crippen LogP) is 1.71. The molecule has 17 heavy (non-hydrogen) atoms. The van der Waals surface area contributed by atoms with E-state index in [0.717, 1.165) is 6.42 Å². The molecular formula is C12H17N3O2. The van der Waals surface area contributed by atoms with E-state index in [2.05, 4.69) is 10.6 Å². The van der Waals surface area contributed by atoms with Crippen LogP contribution in [0.2, 0.25) is 0 Å². The molecule has 0 aliphatic rings. The van der Waals surface area contributed by atoms with Crippen LogP contribution in [-0.2, 0) is 0 Å². The number of carbonyl (C=O) groups is 2. The van der Waals surface area contributed by atoms with E-state index < -0.39 is 5.91 Å². The Morgan fingerprint density at radius 3 is 2.71 bits per heavy atom. The largest absolute Gasteiger partial charge is 0.366 e. The maximum Gasteiger partial charge on any atom is 0.319 e. The van der Waals surface area contributed by atoms with E-state index in [1.54, 1.807) is 24.3 Å². The molecule has 0 aliphatic carbocycles. The van der Waals surface area contributed by atoms with Gasteiger partial charge in [0, 0.05) is 17.3 Å². The Bertz CT molecular complexity index is 418. The highest BCUT2D eigenvalue weighted by Crippen LogP contribution is 2.09. The van der Waals surface area contributed by atoms with Crippen LogP contribution < -0.4 is 16.4 Å². The number of primary amides is 1. The first kappa shape index (κ1) is 13.0. The molecule has 5 nitrogen and oxygen atoms in total. The predicted molar refractivity (Wildman–Crippen MR) is 66.9 cm³/mol. The summed E-state index contributed by atoms with van der Waals surface area (Å²) in [6, 6.07) is 6.32. The topological polar surface area (TPSA) is 84.2 Å². The highest BCUT2D eigenvalue weighted by Gasteiger charge is 2.06. The zero-order valence-corrected chi connectivity index (χ0v) is 9.99. The Morgan fingerprint density at radius 1 is 1.41 bits per heavy atom. The van der Waals surface area contributed by atoms with Crippen LogP contribution in [0.4, 0.5) is 10.5 Å². The molecule has 0 saturated heterocycles. The Kier molecular flexibility index (Phi) is 4.51. The third-order valence-corrected chi connectivity index (χ3v) is 2.39. The number of hydrogen-bond acceptors (Lipinski definition) is 2. The molecule has 1 atom stereocenters. The number of carbonyl (C=O) groups excluding carboxylic acids is 2. The van der Waals surface area contributed by atoms with Gasteiger partial charge in [0.1, 0.15) is 0 Å². The van der Waals surface area contributed by atoms with Crippen molar-refractivity contribution in [2.24, 2.45) is 5.73 Å². The summed E-state index contributed by atoms with van der Waals surface area (Å²) >= 11 is 0. The lowest BCUT2D eigenvalue weighted by Gasteiger charge is -2.12. The number of nitrogens with two attached hydrogens (primary N) is 1. The van der Waals surface area contributed by atoms with Crippen LogP contribution >= 0.6 is 0 Å². The quantitative estimate of drug-likeness (QED) is 0.742. The molecule has 0 aromatic heterocycles. The minimum atomic E-state index is -0.518. The smallest absolute Gasteiger partial charge is 0.319 e. The molecule has 5 heteroatoms. The zero-order chi connectivity index (χ0) is 12.8. The summed E-state index contributed by atoms with van der Waals surface area (Å²) in [5, 5.41) is 5.41. The summed E-state index contributed by atoms with van der Waals surface area (Å²) in [6.07, 6.45) is 0.856. The number of hydrogen-bond donors (Lipinski definition) is 3. The summed E-state index contributed by atoms with van der Waals surface area (Å²) in [5.74, 6) is -0.518. The minimum absolute atomic E-state index is 0.106. The van der Waals surface area contributed by atoms with Crippen LogP contribution in [0.5, 0.6) is 0 Å². The standard InChI is InChI=1S/C12H17N3O2/c1-3-8(2)14-12(17)15-10-6-4-5-9(7-10)11(13)16/h4-8H,3H2,1-2H3,(H2,13,16)(H2,14,15,17). The van der Waals surface area contributed by atoms with Crippen LogP contribution in [0.25, 0.3) is 0 Å². The normalized spacial score (nSPS) is 11.6. The molecular weight excluding hydrogens is 218 g/mol. The fraction of sp³-hybridized carbons (Fsp3) is 0.333. The highest BCUT2D eigenvalue weighted by molar-refractivity contribution is 5.95. The van der Waals surface area contributed by atoms with Crippen LogP contribution in [-0.4, -0.2) is 18.0 Å². The minimum Gasteiger partial charge on any atom is -0.366 e. The lowest BCUT2D eigenvalue weighted by atomic mass is 10.2. The molecule has 0 spiro atoms. The molecule has 3 amide bonds. The zero-order valence-electron chi connectivity index (χ0n) is 9.99. The van der Waals surface area contributed by atoms with Crippen LogP contribution in [0, 0.1) is 0 Å². The fourth-order valence-electron chi connectivity index (χ4n) is 1.24. The Balaban J connectivity index is 2.65. The van der Waals surface area contributed by atoms with E-state index in [1.807, 2.05) is 13.8 Å². The Hall–Kier alpha value is -2.04. The van der Waals surface area contributed by atoms with Gasteiger partial charge in [-0.25, -0.2) is 4.79 Å². The number of nitrogens with one attached hydrogen (secondary N) is 2. The molecule has 4 N–H and O–H groups in total. The first-order chi connectivity index (χ1) is 8.02. The van der Waals surface area contributed by atoms with Crippen molar-refractivity contribution < 1.29 is 9.59 Å². The van der Waals surface area contributed by atoms with E-state index in [-0.39, 0.29) is 12.1 Å². The van der Waals surface area contributed by atoms with Crippen molar-refractivity contribution in [1.29, 1.82) is 0 Å². The van der Waals surface area contributed by atoms with Crippen molar-refractivity contribution in [2.75, 3.05) is 5.32 Å². The van der Waals surface area contributed by atoms with Gasteiger partial charge in [0.05, 0.1) is 0 Å². The molecule has 1 rings (SSSR count). The highest BCUT2D eigenvalue weighted by atomic mass is 16.2. The molecule has 0 aliphatic heterocycles. The average Bonchev–Trinajstić information content (AvgIpc) is 2.28. The SMILES string of the molecule is CCC(C)NC(=O)Nc1cccc(C(N)=O)c1. The molecule has 0 radical (unpaired) electrons. The van der Waals surface area contributed by atoms with Crippen molar-refractivity contribution in [3.63, 3.8) is 0 Å². The number of urea groups is 1. The summed E-state index contributed by atoms with van der Waals surface area (Å²) in [6.45, 7) is 3.90. The van der Waals surface area contributed by atoms with Crippen molar-refractivity contribution in [3.8, 4) is 0 Å². The molecule has 0 saturated carbocycles. The molecule has 1 unspecified atom stereocenters. The number of rotatable bonds is 4. The summed E-state index contributed by atoms with van der Waals surface area (Å²) in [4.78, 5) is 22.5. The molecule has 0 fully saturated rings. The summed E-state index contributed by atoms with van der Waals surface area (Å²) in [7, 11) is 0. The second-order valence-corrected chi connectivity index (χ2v) is 3.85. The van der Waals surface area contributed by atoms with E-state index in [0.29, 0.717) is 11.3 Å². The van der Waals surface area contributed by atoms with Gasteiger partial charge >= 0.3 is 6.03 Å². The van der Waals surface area contributed by atoms with Gasteiger partial charge in [-0.3, -0.25) is 4.79 Å². The second-order valence-electron chi connectivity index (χ2n) is 3.85. The third-order valence-electron chi connectivity index (χ3n) is 2.39. The van der Waals surface area contributed by atoms with Crippen molar-refractivity contribution in [2.45, 2.75) is 26.3 Å². The molecule has 1 aromatic rings. The average molecular weight is 235 g/mol. The van der Waals surface area contributed by atoms with Gasteiger partial charge < -0.3 is 16.4 Å². The second kappa shape index (κ2) is 5.89. The van der Waals surface area contributed by atoms with Gasteiger partial charge in [0.15, 0.2) is 0 Å². The lowest BCUT2D eigenvalue weighted by Crippen LogP contribution is -2.35. The van der Waals surface area contributed by atoms with Crippen molar-refractivity contribution in [1.82, 2.24) is 5.32 Å². The van der Waals surface area contributed by atoms with E-state index in [1.165, 1.54) is 0 Å².